The first-order valence-electron chi connectivity index (χ1n) is 8.64. The number of urea groups is 1. The fourth-order valence-corrected chi connectivity index (χ4v) is 3.04. The molecule has 1 saturated heterocycles. The molecule has 1 aliphatic heterocycles. The number of fused-ring (bicyclic) bond motifs is 1. The van der Waals surface area contributed by atoms with E-state index in [2.05, 4.69) is 20.4 Å². The summed E-state index contributed by atoms with van der Waals surface area (Å²) in [5.41, 5.74) is 0.801. The molecule has 1 saturated carbocycles. The Kier molecular flexibility index (Phi) is 3.74. The van der Waals surface area contributed by atoms with Crippen LogP contribution in [0.5, 0.6) is 0 Å². The van der Waals surface area contributed by atoms with Gasteiger partial charge in [-0.05, 0) is 38.8 Å². The Morgan fingerprint density at radius 1 is 1.17 bits per heavy atom. The topological polar surface area (TPSA) is 78.7 Å². The second-order valence-electron chi connectivity index (χ2n) is 6.87. The third-order valence-corrected chi connectivity index (χ3v) is 4.52. The molecule has 24 heavy (non-hydrogen) atoms. The first kappa shape index (κ1) is 15.2. The predicted molar refractivity (Wildman–Crippen MR) is 90.2 cm³/mol. The Morgan fingerprint density at radius 2 is 1.92 bits per heavy atom. The number of carbonyl (C=O) groups excluding carboxylic acids is 1. The van der Waals surface area contributed by atoms with Crippen LogP contribution in [0, 0.1) is 0 Å². The van der Waals surface area contributed by atoms with Crippen LogP contribution in [0.2, 0.25) is 0 Å². The number of hydrogen-bond acceptors (Lipinski definition) is 5. The number of hydrogen-bond donors (Lipinski definition) is 1. The third-order valence-electron chi connectivity index (χ3n) is 4.52. The third kappa shape index (κ3) is 2.88. The maximum absolute atomic E-state index is 12.1. The van der Waals surface area contributed by atoms with Gasteiger partial charge in [0.2, 0.25) is 0 Å². The average molecular weight is 329 g/mol. The van der Waals surface area contributed by atoms with E-state index in [9.17, 15) is 4.79 Å². The summed E-state index contributed by atoms with van der Waals surface area (Å²) < 4.78 is 1.88. The van der Waals surface area contributed by atoms with Gasteiger partial charge in [-0.15, -0.1) is 15.3 Å². The van der Waals surface area contributed by atoms with Gasteiger partial charge in [0.05, 0.1) is 0 Å². The standard InChI is InChI=1S/C16H23N7O/c1-11(2)17-16(24)22-9-7-21(8-10-22)14-6-5-13-18-19-15(12-3-4-12)23(13)20-14/h5-6,11-12H,3-4,7-10H2,1-2H3,(H,17,24). The molecule has 128 valence electrons. The van der Waals surface area contributed by atoms with Crippen LogP contribution in [0.4, 0.5) is 10.6 Å². The maximum Gasteiger partial charge on any atom is 0.317 e. The fraction of sp³-hybridized carbons (Fsp3) is 0.625. The number of aromatic nitrogens is 4. The van der Waals surface area contributed by atoms with Crippen LogP contribution in [0.3, 0.4) is 0 Å². The van der Waals surface area contributed by atoms with E-state index in [4.69, 9.17) is 5.10 Å². The van der Waals surface area contributed by atoms with Gasteiger partial charge >= 0.3 is 6.03 Å². The van der Waals surface area contributed by atoms with E-state index in [1.165, 1.54) is 12.8 Å². The normalized spacial score (nSPS) is 18.5. The van der Waals surface area contributed by atoms with Crippen molar-refractivity contribution in [1.29, 1.82) is 0 Å². The molecule has 2 amide bonds. The van der Waals surface area contributed by atoms with Crippen molar-refractivity contribution in [2.24, 2.45) is 0 Å². The molecule has 0 atom stereocenters. The Hall–Kier alpha value is -2.38. The molecule has 2 aromatic heterocycles. The van der Waals surface area contributed by atoms with Crippen LogP contribution in [0.15, 0.2) is 12.1 Å². The van der Waals surface area contributed by atoms with Crippen molar-refractivity contribution in [2.75, 3.05) is 31.1 Å². The quantitative estimate of drug-likeness (QED) is 0.917. The lowest BCUT2D eigenvalue weighted by Gasteiger charge is -2.35. The molecule has 2 fully saturated rings. The molecule has 2 aliphatic rings. The highest BCUT2D eigenvalue weighted by Crippen LogP contribution is 2.38. The molecule has 0 unspecified atom stereocenters. The SMILES string of the molecule is CC(C)NC(=O)N1CCN(c2ccc3nnc(C4CC4)n3n2)CC1. The van der Waals surface area contributed by atoms with Gasteiger partial charge in [-0.1, -0.05) is 0 Å². The molecule has 8 heteroatoms. The van der Waals surface area contributed by atoms with E-state index in [0.717, 1.165) is 30.4 Å². The van der Waals surface area contributed by atoms with Gasteiger partial charge in [0.1, 0.15) is 5.82 Å². The van der Waals surface area contributed by atoms with Crippen molar-refractivity contribution in [3.63, 3.8) is 0 Å². The van der Waals surface area contributed by atoms with Crippen molar-refractivity contribution in [2.45, 2.75) is 38.6 Å². The van der Waals surface area contributed by atoms with E-state index in [1.54, 1.807) is 0 Å². The van der Waals surface area contributed by atoms with E-state index < -0.39 is 0 Å². The summed E-state index contributed by atoms with van der Waals surface area (Å²) in [6, 6.07) is 4.14. The van der Waals surface area contributed by atoms with Gasteiger partial charge in [0, 0.05) is 38.1 Å². The van der Waals surface area contributed by atoms with Crippen molar-refractivity contribution in [3.8, 4) is 0 Å². The van der Waals surface area contributed by atoms with Crippen LogP contribution >= 0.6 is 0 Å². The highest BCUT2D eigenvalue weighted by molar-refractivity contribution is 5.74. The first-order chi connectivity index (χ1) is 11.6. The predicted octanol–water partition coefficient (Wildman–Crippen LogP) is 1.24. The molecule has 0 bridgehead atoms. The fourth-order valence-electron chi connectivity index (χ4n) is 3.04. The van der Waals surface area contributed by atoms with E-state index in [-0.39, 0.29) is 12.1 Å². The molecular formula is C16H23N7O. The lowest BCUT2D eigenvalue weighted by Crippen LogP contribution is -2.53. The summed E-state index contributed by atoms with van der Waals surface area (Å²) in [5.74, 6) is 2.41. The number of amides is 2. The van der Waals surface area contributed by atoms with E-state index >= 15 is 0 Å². The number of anilines is 1. The number of piperazine rings is 1. The van der Waals surface area contributed by atoms with Crippen LogP contribution in [0.1, 0.15) is 38.4 Å². The Morgan fingerprint density at radius 3 is 2.58 bits per heavy atom. The van der Waals surface area contributed by atoms with Gasteiger partial charge < -0.3 is 15.1 Å². The Labute approximate surface area is 140 Å². The Balaban J connectivity index is 1.46. The van der Waals surface area contributed by atoms with E-state index in [1.807, 2.05) is 35.4 Å². The monoisotopic (exact) mass is 329 g/mol. The molecule has 1 N–H and O–H groups in total. The Bertz CT molecular complexity index is 744. The summed E-state index contributed by atoms with van der Waals surface area (Å²) in [7, 11) is 0. The average Bonchev–Trinajstić information content (AvgIpc) is 3.33. The summed E-state index contributed by atoms with van der Waals surface area (Å²) in [6.07, 6.45) is 2.35. The highest BCUT2D eigenvalue weighted by atomic mass is 16.2. The maximum atomic E-state index is 12.1. The molecular weight excluding hydrogens is 306 g/mol. The number of nitrogens with zero attached hydrogens (tertiary/aromatic N) is 6. The smallest absolute Gasteiger partial charge is 0.317 e. The first-order valence-corrected chi connectivity index (χ1v) is 8.64. The molecule has 8 nitrogen and oxygen atoms in total. The lowest BCUT2D eigenvalue weighted by atomic mass is 10.3. The van der Waals surface area contributed by atoms with Crippen molar-refractivity contribution in [3.05, 3.63) is 18.0 Å². The van der Waals surface area contributed by atoms with Gasteiger partial charge in [-0.3, -0.25) is 0 Å². The second kappa shape index (κ2) is 5.92. The molecule has 1 aliphatic carbocycles. The number of rotatable bonds is 3. The number of nitrogens with one attached hydrogen (secondary N) is 1. The minimum Gasteiger partial charge on any atom is -0.352 e. The summed E-state index contributed by atoms with van der Waals surface area (Å²) in [4.78, 5) is 16.2. The molecule has 0 aromatic carbocycles. The van der Waals surface area contributed by atoms with Crippen LogP contribution in [-0.4, -0.2) is 63.0 Å². The second-order valence-corrected chi connectivity index (χ2v) is 6.87. The zero-order chi connectivity index (χ0) is 16.7. The zero-order valence-electron chi connectivity index (χ0n) is 14.1. The summed E-state index contributed by atoms with van der Waals surface area (Å²) in [6.45, 7) is 6.93. The molecule has 3 heterocycles. The largest absolute Gasteiger partial charge is 0.352 e. The van der Waals surface area contributed by atoms with Gasteiger partial charge in [-0.25, -0.2) is 4.79 Å². The molecule has 2 aromatic rings. The minimum atomic E-state index is 0.0166. The van der Waals surface area contributed by atoms with Crippen LogP contribution < -0.4 is 10.2 Å². The minimum absolute atomic E-state index is 0.0166. The van der Waals surface area contributed by atoms with E-state index in [0.29, 0.717) is 19.0 Å². The van der Waals surface area contributed by atoms with Crippen molar-refractivity contribution >= 4 is 17.5 Å². The highest BCUT2D eigenvalue weighted by Gasteiger charge is 2.30. The molecule has 4 rings (SSSR count). The molecule has 0 spiro atoms. The lowest BCUT2D eigenvalue weighted by molar-refractivity contribution is 0.191. The van der Waals surface area contributed by atoms with Crippen LogP contribution in [0.25, 0.3) is 5.65 Å². The van der Waals surface area contributed by atoms with Gasteiger partial charge in [-0.2, -0.15) is 4.52 Å². The van der Waals surface area contributed by atoms with Crippen molar-refractivity contribution in [1.82, 2.24) is 30.0 Å². The molecule has 0 radical (unpaired) electrons. The number of carbonyl (C=O) groups is 1. The summed E-state index contributed by atoms with van der Waals surface area (Å²) in [5, 5.41) is 16.2. The summed E-state index contributed by atoms with van der Waals surface area (Å²) >= 11 is 0. The zero-order valence-corrected chi connectivity index (χ0v) is 14.1. The van der Waals surface area contributed by atoms with Gasteiger partial charge in [0.25, 0.3) is 0 Å². The van der Waals surface area contributed by atoms with Crippen LogP contribution in [-0.2, 0) is 0 Å². The van der Waals surface area contributed by atoms with Gasteiger partial charge in [0.15, 0.2) is 11.5 Å². The van der Waals surface area contributed by atoms with Crippen molar-refractivity contribution < 1.29 is 4.79 Å².